The Morgan fingerprint density at radius 1 is 1.22 bits per heavy atom. The van der Waals surface area contributed by atoms with Crippen LogP contribution in [-0.4, -0.2) is 11.9 Å². The summed E-state index contributed by atoms with van der Waals surface area (Å²) < 4.78 is 32.7. The van der Waals surface area contributed by atoms with Gasteiger partial charge in [-0.1, -0.05) is 45.7 Å². The van der Waals surface area contributed by atoms with Crippen LogP contribution in [0.15, 0.2) is 16.6 Å². The first-order valence-corrected chi connectivity index (χ1v) is 7.72. The van der Waals surface area contributed by atoms with Crippen LogP contribution >= 0.6 is 31.9 Å². The second kappa shape index (κ2) is 6.85. The Labute approximate surface area is 123 Å². The molecule has 5 heteroatoms. The Balaban J connectivity index is 2.86. The van der Waals surface area contributed by atoms with Gasteiger partial charge in [-0.2, -0.15) is 4.39 Å². The zero-order chi connectivity index (χ0) is 13.8. The molecule has 1 aromatic rings. The van der Waals surface area contributed by atoms with Crippen molar-refractivity contribution in [3.63, 3.8) is 0 Å². The lowest BCUT2D eigenvalue weighted by atomic mass is 9.86. The van der Waals surface area contributed by atoms with Gasteiger partial charge in [0, 0.05) is 15.2 Å². The first-order chi connectivity index (χ1) is 8.48. The van der Waals surface area contributed by atoms with Gasteiger partial charge < -0.3 is 4.74 Å². The summed E-state index contributed by atoms with van der Waals surface area (Å²) in [6.07, 6.45) is 1.82. The highest BCUT2D eigenvalue weighted by molar-refractivity contribution is 9.10. The molecular formula is C13H16Br2F2O. The second-order valence-corrected chi connectivity index (χ2v) is 5.81. The van der Waals surface area contributed by atoms with Gasteiger partial charge in [0.25, 0.3) is 0 Å². The van der Waals surface area contributed by atoms with Crippen molar-refractivity contribution in [3.8, 4) is 5.75 Å². The molecule has 1 aromatic carbocycles. The van der Waals surface area contributed by atoms with Crippen LogP contribution in [0.5, 0.6) is 5.75 Å². The third-order valence-corrected chi connectivity index (χ3v) is 4.92. The molecule has 0 saturated heterocycles. The maximum absolute atomic E-state index is 13.5. The first kappa shape index (κ1) is 15.9. The molecule has 0 N–H and O–H groups in total. The Bertz CT molecular complexity index is 398. The molecule has 0 bridgehead atoms. The number of hydrogen-bond donors (Lipinski definition) is 0. The van der Waals surface area contributed by atoms with E-state index in [1.807, 2.05) is 0 Å². The maximum Gasteiger partial charge on any atom is 0.200 e. The van der Waals surface area contributed by atoms with Crippen LogP contribution in [0.2, 0.25) is 0 Å². The summed E-state index contributed by atoms with van der Waals surface area (Å²) in [5, 5.41) is 0.769. The van der Waals surface area contributed by atoms with Crippen LogP contribution in [0.4, 0.5) is 8.78 Å². The molecule has 0 amide bonds. The van der Waals surface area contributed by atoms with E-state index in [0.29, 0.717) is 11.1 Å². The Kier molecular flexibility index (Phi) is 6.05. The summed E-state index contributed by atoms with van der Waals surface area (Å²) in [7, 11) is 0. The van der Waals surface area contributed by atoms with E-state index in [0.717, 1.165) is 24.2 Å². The van der Waals surface area contributed by atoms with Gasteiger partial charge in [-0.05, 0) is 25.0 Å². The van der Waals surface area contributed by atoms with Gasteiger partial charge >= 0.3 is 0 Å². The molecule has 0 fully saturated rings. The van der Waals surface area contributed by atoms with E-state index < -0.39 is 11.6 Å². The molecule has 18 heavy (non-hydrogen) atoms. The average molecular weight is 386 g/mol. The fraction of sp³-hybridized carbons (Fsp3) is 0.538. The van der Waals surface area contributed by atoms with Crippen molar-refractivity contribution in [2.75, 3.05) is 11.9 Å². The van der Waals surface area contributed by atoms with Gasteiger partial charge in [0.15, 0.2) is 11.6 Å². The smallest absolute Gasteiger partial charge is 0.200 e. The minimum atomic E-state index is -0.936. The summed E-state index contributed by atoms with van der Waals surface area (Å²) in [6.45, 7) is 4.48. The molecule has 0 heterocycles. The molecule has 1 rings (SSSR count). The molecule has 1 nitrogen and oxygen atoms in total. The third kappa shape index (κ3) is 3.67. The highest BCUT2D eigenvalue weighted by Crippen LogP contribution is 2.32. The lowest BCUT2D eigenvalue weighted by Gasteiger charge is -2.29. The van der Waals surface area contributed by atoms with Gasteiger partial charge in [-0.25, -0.2) is 4.39 Å². The van der Waals surface area contributed by atoms with Crippen LogP contribution in [-0.2, 0) is 0 Å². The highest BCUT2D eigenvalue weighted by atomic mass is 79.9. The van der Waals surface area contributed by atoms with E-state index in [1.165, 1.54) is 6.07 Å². The topological polar surface area (TPSA) is 9.23 Å². The van der Waals surface area contributed by atoms with Gasteiger partial charge in [-0.3, -0.25) is 0 Å². The quantitative estimate of drug-likeness (QED) is 0.476. The number of rotatable bonds is 6. The van der Waals surface area contributed by atoms with Crippen LogP contribution in [0.1, 0.15) is 26.7 Å². The summed E-state index contributed by atoms with van der Waals surface area (Å²) in [6, 6.07) is 2.53. The number of alkyl halides is 1. The zero-order valence-corrected chi connectivity index (χ0v) is 13.6. The molecule has 0 unspecified atom stereocenters. The molecule has 0 radical (unpaired) electrons. The third-order valence-electron chi connectivity index (χ3n) is 3.28. The maximum atomic E-state index is 13.5. The van der Waals surface area contributed by atoms with Crippen molar-refractivity contribution < 1.29 is 13.5 Å². The Hall–Kier alpha value is -0.160. The van der Waals surface area contributed by atoms with E-state index in [4.69, 9.17) is 4.74 Å². The molecule has 0 saturated carbocycles. The molecule has 0 spiro atoms. The highest BCUT2D eigenvalue weighted by Gasteiger charge is 2.26. The molecular weight excluding hydrogens is 370 g/mol. The summed E-state index contributed by atoms with van der Waals surface area (Å²) >= 11 is 6.58. The largest absolute Gasteiger partial charge is 0.490 e. The Morgan fingerprint density at radius 3 is 2.33 bits per heavy atom. The van der Waals surface area contributed by atoms with E-state index in [-0.39, 0.29) is 11.2 Å². The van der Waals surface area contributed by atoms with E-state index in [1.54, 1.807) is 0 Å². The molecule has 0 atom stereocenters. The van der Waals surface area contributed by atoms with Gasteiger partial charge in [0.05, 0.1) is 6.61 Å². The van der Waals surface area contributed by atoms with Crippen molar-refractivity contribution in [1.82, 2.24) is 0 Å². The normalized spacial score (nSPS) is 11.7. The van der Waals surface area contributed by atoms with Crippen molar-refractivity contribution in [1.29, 1.82) is 0 Å². The van der Waals surface area contributed by atoms with Crippen molar-refractivity contribution in [2.24, 2.45) is 5.41 Å². The zero-order valence-electron chi connectivity index (χ0n) is 10.4. The fourth-order valence-electron chi connectivity index (χ4n) is 1.55. The Morgan fingerprint density at radius 2 is 1.83 bits per heavy atom. The summed E-state index contributed by atoms with van der Waals surface area (Å²) in [5.41, 5.74) is -0.0504. The SMILES string of the molecule is CCC(CC)(CBr)COc1cc(Br)cc(F)c1F. The number of ether oxygens (including phenoxy) is 1. The van der Waals surface area contributed by atoms with Crippen LogP contribution < -0.4 is 4.74 Å². The lowest BCUT2D eigenvalue weighted by molar-refractivity contribution is 0.152. The second-order valence-electron chi connectivity index (χ2n) is 4.33. The van der Waals surface area contributed by atoms with E-state index in [9.17, 15) is 8.78 Å². The van der Waals surface area contributed by atoms with Crippen molar-refractivity contribution >= 4 is 31.9 Å². The monoisotopic (exact) mass is 384 g/mol. The van der Waals surface area contributed by atoms with Crippen LogP contribution in [0.25, 0.3) is 0 Å². The first-order valence-electron chi connectivity index (χ1n) is 5.81. The minimum absolute atomic E-state index is 0.0471. The standard InChI is InChI=1S/C13H16Br2F2O/c1-3-13(4-2,7-14)8-18-11-6-9(15)5-10(16)12(11)17/h5-6H,3-4,7-8H2,1-2H3. The minimum Gasteiger partial charge on any atom is -0.490 e. The van der Waals surface area contributed by atoms with Gasteiger partial charge in [0.1, 0.15) is 0 Å². The van der Waals surface area contributed by atoms with Crippen molar-refractivity contribution in [3.05, 3.63) is 28.2 Å². The van der Waals surface area contributed by atoms with E-state index >= 15 is 0 Å². The van der Waals surface area contributed by atoms with Gasteiger partial charge in [-0.15, -0.1) is 0 Å². The predicted octanol–water partition coefficient (Wildman–Crippen LogP) is 5.31. The van der Waals surface area contributed by atoms with Crippen LogP contribution in [0, 0.1) is 17.0 Å². The molecule has 0 aromatic heterocycles. The summed E-state index contributed by atoms with van der Waals surface area (Å²) in [4.78, 5) is 0. The average Bonchev–Trinajstić information content (AvgIpc) is 2.37. The summed E-state index contributed by atoms with van der Waals surface area (Å²) in [5.74, 6) is -1.89. The molecule has 0 aliphatic carbocycles. The van der Waals surface area contributed by atoms with Crippen LogP contribution in [0.3, 0.4) is 0 Å². The number of hydrogen-bond acceptors (Lipinski definition) is 1. The number of halogens is 4. The molecule has 102 valence electrons. The predicted molar refractivity (Wildman–Crippen MR) is 76.4 cm³/mol. The van der Waals surface area contributed by atoms with Gasteiger partial charge in [0.2, 0.25) is 5.82 Å². The number of benzene rings is 1. The fourth-order valence-corrected chi connectivity index (χ4v) is 2.91. The van der Waals surface area contributed by atoms with Crippen molar-refractivity contribution in [2.45, 2.75) is 26.7 Å². The molecule has 0 aliphatic rings. The molecule has 0 aliphatic heterocycles. The van der Waals surface area contributed by atoms with E-state index in [2.05, 4.69) is 45.7 Å². The lowest BCUT2D eigenvalue weighted by Crippen LogP contribution is -2.29.